The summed E-state index contributed by atoms with van der Waals surface area (Å²) >= 11 is 1.18. The van der Waals surface area contributed by atoms with Crippen LogP contribution in [0, 0.1) is 13.8 Å². The lowest BCUT2D eigenvalue weighted by Gasteiger charge is -2.21. The lowest BCUT2D eigenvalue weighted by Crippen LogP contribution is -2.37. The van der Waals surface area contributed by atoms with Gasteiger partial charge in [0.1, 0.15) is 9.71 Å². The molecule has 2 heterocycles. The molecule has 0 spiro atoms. The van der Waals surface area contributed by atoms with Crippen LogP contribution in [0.1, 0.15) is 27.9 Å². The highest BCUT2D eigenvalue weighted by molar-refractivity contribution is 7.21. The maximum atomic E-state index is 12.6. The summed E-state index contributed by atoms with van der Waals surface area (Å²) in [6.07, 6.45) is -0.942. The van der Waals surface area contributed by atoms with Gasteiger partial charge in [0.2, 0.25) is 0 Å². The van der Waals surface area contributed by atoms with Crippen molar-refractivity contribution in [2.75, 3.05) is 17.7 Å². The lowest BCUT2D eigenvalue weighted by molar-refractivity contribution is -0.126. The highest BCUT2D eigenvalue weighted by Crippen LogP contribution is 2.35. The number of carbonyl (C=O) groups is 2. The first-order valence-corrected chi connectivity index (χ1v) is 9.31. The fourth-order valence-corrected chi connectivity index (χ4v) is 4.04. The molecule has 0 aliphatic carbocycles. The summed E-state index contributed by atoms with van der Waals surface area (Å²) in [5.74, 6) is -0.936. The Morgan fingerprint density at radius 1 is 1.22 bits per heavy atom. The van der Waals surface area contributed by atoms with E-state index in [4.69, 9.17) is 10.5 Å². The predicted octanol–water partition coefficient (Wildman–Crippen LogP) is 3.70. The number of nitrogens with two attached hydrogens (primary N) is 1. The van der Waals surface area contributed by atoms with Crippen LogP contribution in [0.15, 0.2) is 36.4 Å². The minimum absolute atomic E-state index is 0.271. The topological polar surface area (TPSA) is 85.5 Å². The number of carbonyl (C=O) groups excluding carboxylic acids is 2. The summed E-state index contributed by atoms with van der Waals surface area (Å²) in [6.45, 7) is 5.37. The average Bonchev–Trinajstić information content (AvgIpc) is 2.97. The Bertz CT molecular complexity index is 1010. The van der Waals surface area contributed by atoms with Crippen molar-refractivity contribution in [3.05, 3.63) is 52.5 Å². The van der Waals surface area contributed by atoms with Gasteiger partial charge < -0.3 is 15.4 Å². The number of likely N-dealkylation sites (N-methyl/N-ethyl adjacent to an activating group) is 1. The van der Waals surface area contributed by atoms with E-state index >= 15 is 0 Å². The van der Waals surface area contributed by atoms with Gasteiger partial charge in [-0.05, 0) is 44.5 Å². The van der Waals surface area contributed by atoms with E-state index in [1.165, 1.54) is 16.2 Å². The van der Waals surface area contributed by atoms with E-state index in [0.717, 1.165) is 22.3 Å². The van der Waals surface area contributed by atoms with Gasteiger partial charge in [-0.1, -0.05) is 18.2 Å². The monoisotopic (exact) mass is 383 g/mol. The number of thiophene rings is 1. The van der Waals surface area contributed by atoms with Crippen LogP contribution in [0.25, 0.3) is 10.2 Å². The van der Waals surface area contributed by atoms with Crippen molar-refractivity contribution < 1.29 is 14.3 Å². The van der Waals surface area contributed by atoms with E-state index in [2.05, 4.69) is 4.98 Å². The molecule has 1 aromatic carbocycles. The number of rotatable bonds is 4. The second-order valence-electron chi connectivity index (χ2n) is 6.39. The Hall–Kier alpha value is -2.93. The zero-order valence-electron chi connectivity index (χ0n) is 15.6. The van der Waals surface area contributed by atoms with E-state index in [1.54, 1.807) is 14.0 Å². The minimum Gasteiger partial charge on any atom is -0.448 e. The van der Waals surface area contributed by atoms with E-state index in [-0.39, 0.29) is 10.8 Å². The van der Waals surface area contributed by atoms with E-state index in [9.17, 15) is 9.59 Å². The van der Waals surface area contributed by atoms with Crippen molar-refractivity contribution >= 4 is 44.8 Å². The fraction of sp³-hybridized carbons (Fsp3) is 0.250. The molecular formula is C20H21N3O3S. The molecule has 0 saturated heterocycles. The molecule has 27 heavy (non-hydrogen) atoms. The van der Waals surface area contributed by atoms with Gasteiger partial charge in [-0.15, -0.1) is 11.3 Å². The normalized spacial score (nSPS) is 12.0. The van der Waals surface area contributed by atoms with Crippen LogP contribution in [-0.4, -0.2) is 30.0 Å². The molecule has 2 N–H and O–H groups in total. The van der Waals surface area contributed by atoms with Crippen LogP contribution in [0.5, 0.6) is 0 Å². The SMILES string of the molecule is Cc1cc(C)c2c(N)c(C(=O)OC(C)C(=O)N(C)c3ccccc3)sc2n1. The number of anilines is 2. The number of hydrogen-bond donors (Lipinski definition) is 1. The molecular weight excluding hydrogens is 362 g/mol. The van der Waals surface area contributed by atoms with Gasteiger partial charge in [-0.2, -0.15) is 0 Å². The Balaban J connectivity index is 1.81. The third-order valence-electron chi connectivity index (χ3n) is 4.32. The maximum absolute atomic E-state index is 12.6. The second kappa shape index (κ2) is 7.36. The van der Waals surface area contributed by atoms with Crippen molar-refractivity contribution in [1.29, 1.82) is 0 Å². The molecule has 0 aliphatic heterocycles. The number of aryl methyl sites for hydroxylation is 2. The first kappa shape index (κ1) is 18.8. The third-order valence-corrected chi connectivity index (χ3v) is 5.39. The van der Waals surface area contributed by atoms with E-state index in [1.807, 2.05) is 50.2 Å². The number of para-hydroxylation sites is 1. The number of aromatic nitrogens is 1. The van der Waals surface area contributed by atoms with Crippen LogP contribution >= 0.6 is 11.3 Å². The molecule has 3 aromatic rings. The average molecular weight is 383 g/mol. The molecule has 6 nitrogen and oxygen atoms in total. The van der Waals surface area contributed by atoms with Gasteiger partial charge in [0.15, 0.2) is 6.10 Å². The molecule has 140 valence electrons. The molecule has 1 unspecified atom stereocenters. The zero-order valence-corrected chi connectivity index (χ0v) is 16.5. The molecule has 0 radical (unpaired) electrons. The Labute approximate surface area is 161 Å². The lowest BCUT2D eigenvalue weighted by atomic mass is 10.1. The van der Waals surface area contributed by atoms with Gasteiger partial charge >= 0.3 is 5.97 Å². The largest absolute Gasteiger partial charge is 0.448 e. The van der Waals surface area contributed by atoms with Crippen LogP contribution in [0.2, 0.25) is 0 Å². The summed E-state index contributed by atoms with van der Waals surface area (Å²) < 4.78 is 5.39. The van der Waals surface area contributed by atoms with Gasteiger partial charge in [0, 0.05) is 23.8 Å². The molecule has 1 amide bonds. The second-order valence-corrected chi connectivity index (χ2v) is 7.38. The highest BCUT2D eigenvalue weighted by Gasteiger charge is 2.26. The molecule has 0 fully saturated rings. The summed E-state index contributed by atoms with van der Waals surface area (Å²) in [5, 5.41) is 0.762. The number of pyridine rings is 1. The molecule has 3 rings (SSSR count). The number of nitrogen functional groups attached to an aromatic ring is 1. The molecule has 0 saturated carbocycles. The van der Waals surface area contributed by atoms with Crippen molar-refractivity contribution in [3.63, 3.8) is 0 Å². The van der Waals surface area contributed by atoms with Gasteiger partial charge in [-0.3, -0.25) is 4.79 Å². The van der Waals surface area contributed by atoms with Crippen molar-refractivity contribution in [1.82, 2.24) is 4.98 Å². The molecule has 1 atom stereocenters. The number of benzene rings is 1. The van der Waals surface area contributed by atoms with Gasteiger partial charge in [-0.25, -0.2) is 9.78 Å². The van der Waals surface area contributed by atoms with E-state index in [0.29, 0.717) is 10.5 Å². The number of amides is 1. The van der Waals surface area contributed by atoms with Crippen LogP contribution in [0.3, 0.4) is 0 Å². The van der Waals surface area contributed by atoms with Crippen LogP contribution in [0.4, 0.5) is 11.4 Å². The quantitative estimate of drug-likeness (QED) is 0.694. The first-order valence-electron chi connectivity index (χ1n) is 8.49. The Morgan fingerprint density at radius 2 is 1.89 bits per heavy atom. The Morgan fingerprint density at radius 3 is 2.56 bits per heavy atom. The van der Waals surface area contributed by atoms with Crippen molar-refractivity contribution in [2.24, 2.45) is 0 Å². The third kappa shape index (κ3) is 3.64. The standard InChI is InChI=1S/C20H21N3O3S/c1-11-10-12(2)22-18-15(11)16(21)17(27-18)20(25)26-13(3)19(24)23(4)14-8-6-5-7-9-14/h5-10,13H,21H2,1-4H3. The number of esters is 1. The summed E-state index contributed by atoms with van der Waals surface area (Å²) in [6, 6.07) is 11.1. The minimum atomic E-state index is -0.942. The highest BCUT2D eigenvalue weighted by atomic mass is 32.1. The summed E-state index contributed by atoms with van der Waals surface area (Å²) in [7, 11) is 1.64. The maximum Gasteiger partial charge on any atom is 0.351 e. The molecule has 7 heteroatoms. The smallest absolute Gasteiger partial charge is 0.351 e. The van der Waals surface area contributed by atoms with Gasteiger partial charge in [0.05, 0.1) is 5.69 Å². The number of nitrogens with zero attached hydrogens (tertiary/aromatic N) is 2. The summed E-state index contributed by atoms with van der Waals surface area (Å²) in [4.78, 5) is 32.1. The van der Waals surface area contributed by atoms with Crippen molar-refractivity contribution in [3.8, 4) is 0 Å². The number of fused-ring (bicyclic) bond motifs is 1. The molecule has 0 bridgehead atoms. The van der Waals surface area contributed by atoms with Gasteiger partial charge in [0.25, 0.3) is 5.91 Å². The van der Waals surface area contributed by atoms with Crippen LogP contribution in [-0.2, 0) is 9.53 Å². The fourth-order valence-electron chi connectivity index (χ4n) is 2.94. The zero-order chi connectivity index (χ0) is 19.7. The number of hydrogen-bond acceptors (Lipinski definition) is 6. The summed E-state index contributed by atoms with van der Waals surface area (Å²) in [5.41, 5.74) is 9.05. The van der Waals surface area contributed by atoms with Crippen molar-refractivity contribution in [2.45, 2.75) is 26.9 Å². The predicted molar refractivity (Wildman–Crippen MR) is 108 cm³/mol. The van der Waals surface area contributed by atoms with E-state index < -0.39 is 12.1 Å². The molecule has 0 aliphatic rings. The number of ether oxygens (including phenoxy) is 1. The Kier molecular flexibility index (Phi) is 5.14. The van der Waals surface area contributed by atoms with Crippen LogP contribution < -0.4 is 10.6 Å². The first-order chi connectivity index (χ1) is 12.8. The molecule has 2 aromatic heterocycles.